The number of para-hydroxylation sites is 1. The maximum absolute atomic E-state index is 13.6. The maximum atomic E-state index is 13.6. The van der Waals surface area contributed by atoms with Gasteiger partial charge in [-0.25, -0.2) is 4.39 Å². The lowest BCUT2D eigenvalue weighted by molar-refractivity contribution is 0.0778. The molecule has 0 atom stereocenters. The molecule has 3 rings (SSSR count). The zero-order valence-corrected chi connectivity index (χ0v) is 11.8. The third-order valence-electron chi connectivity index (χ3n) is 3.34. The number of amides is 1. The van der Waals surface area contributed by atoms with Crippen LogP contribution in [-0.4, -0.2) is 33.0 Å². The number of nitrogens with one attached hydrogen (secondary N) is 2. The Morgan fingerprint density at radius 2 is 2.19 bits per heavy atom. The van der Waals surface area contributed by atoms with E-state index in [-0.39, 0.29) is 11.7 Å². The number of carbonyl (C=O) groups is 1. The lowest BCUT2D eigenvalue weighted by Gasteiger charge is -2.14. The maximum Gasteiger partial charge on any atom is 0.270 e. The monoisotopic (exact) mass is 286 g/mol. The fourth-order valence-corrected chi connectivity index (χ4v) is 2.31. The summed E-state index contributed by atoms with van der Waals surface area (Å²) in [5.41, 5.74) is 2.44. The Kier molecular flexibility index (Phi) is 3.21. The number of carbonyl (C=O) groups excluding carboxylic acids is 1. The van der Waals surface area contributed by atoms with Gasteiger partial charge in [0.15, 0.2) is 0 Å². The molecule has 2 N–H and O–H groups in total. The molecule has 0 aliphatic carbocycles. The third-order valence-corrected chi connectivity index (χ3v) is 3.34. The van der Waals surface area contributed by atoms with Gasteiger partial charge in [-0.1, -0.05) is 12.1 Å². The van der Waals surface area contributed by atoms with Gasteiger partial charge in [0.2, 0.25) is 0 Å². The predicted molar refractivity (Wildman–Crippen MR) is 77.4 cm³/mol. The van der Waals surface area contributed by atoms with Crippen LogP contribution in [0.15, 0.2) is 30.3 Å². The highest BCUT2D eigenvalue weighted by Crippen LogP contribution is 2.19. The van der Waals surface area contributed by atoms with Gasteiger partial charge in [-0.2, -0.15) is 5.10 Å². The minimum absolute atomic E-state index is 0.203. The first-order chi connectivity index (χ1) is 10.0. The van der Waals surface area contributed by atoms with Gasteiger partial charge >= 0.3 is 0 Å². The van der Waals surface area contributed by atoms with E-state index < -0.39 is 0 Å². The molecule has 2 aromatic heterocycles. The van der Waals surface area contributed by atoms with E-state index in [0.717, 1.165) is 11.4 Å². The molecule has 0 saturated heterocycles. The average Bonchev–Trinajstić information content (AvgIpc) is 3.05. The largest absolute Gasteiger partial charge is 0.348 e. The number of hydrogen-bond donors (Lipinski definition) is 2. The molecule has 2 heterocycles. The van der Waals surface area contributed by atoms with Crippen LogP contribution in [-0.2, 0) is 6.54 Å². The zero-order chi connectivity index (χ0) is 15.0. The Labute approximate surface area is 120 Å². The minimum Gasteiger partial charge on any atom is -0.348 e. The molecule has 0 aliphatic heterocycles. The van der Waals surface area contributed by atoms with Crippen molar-refractivity contribution in [2.24, 2.45) is 0 Å². The molecule has 1 aromatic carbocycles. The summed E-state index contributed by atoms with van der Waals surface area (Å²) in [6, 6.07) is 8.30. The summed E-state index contributed by atoms with van der Waals surface area (Å²) in [6.45, 7) is 2.29. The van der Waals surface area contributed by atoms with Gasteiger partial charge in [-0.3, -0.25) is 9.89 Å². The van der Waals surface area contributed by atoms with Gasteiger partial charge < -0.3 is 9.88 Å². The van der Waals surface area contributed by atoms with Crippen LogP contribution in [0.5, 0.6) is 0 Å². The number of H-pyrrole nitrogens is 2. The Balaban J connectivity index is 1.84. The number of hydrogen-bond acceptors (Lipinski definition) is 2. The normalized spacial score (nSPS) is 11.0. The fourth-order valence-electron chi connectivity index (χ4n) is 2.31. The molecule has 0 fully saturated rings. The number of nitrogens with zero attached hydrogens (tertiary/aromatic N) is 2. The van der Waals surface area contributed by atoms with Crippen molar-refractivity contribution in [1.29, 1.82) is 0 Å². The van der Waals surface area contributed by atoms with Crippen molar-refractivity contribution in [1.82, 2.24) is 20.1 Å². The second kappa shape index (κ2) is 5.05. The van der Waals surface area contributed by atoms with Crippen molar-refractivity contribution in [3.63, 3.8) is 0 Å². The van der Waals surface area contributed by atoms with Crippen LogP contribution in [0.4, 0.5) is 4.39 Å². The molecule has 0 saturated carbocycles. The Bertz CT molecular complexity index is 805. The first kappa shape index (κ1) is 13.4. The summed E-state index contributed by atoms with van der Waals surface area (Å²) in [5, 5.41) is 7.62. The summed E-state index contributed by atoms with van der Waals surface area (Å²) in [7, 11) is 1.69. The molecule has 0 spiro atoms. The molecule has 6 heteroatoms. The van der Waals surface area contributed by atoms with Gasteiger partial charge in [0.25, 0.3) is 5.91 Å². The predicted octanol–water partition coefficient (Wildman–Crippen LogP) is 2.61. The Morgan fingerprint density at radius 1 is 1.38 bits per heavy atom. The van der Waals surface area contributed by atoms with Crippen molar-refractivity contribution >= 4 is 16.8 Å². The molecule has 0 unspecified atom stereocenters. The second-order valence-electron chi connectivity index (χ2n) is 5.09. The summed E-state index contributed by atoms with van der Waals surface area (Å²) in [6.07, 6.45) is 0. The summed E-state index contributed by atoms with van der Waals surface area (Å²) >= 11 is 0. The van der Waals surface area contributed by atoms with E-state index in [1.54, 1.807) is 25.2 Å². The Hall–Kier alpha value is -2.63. The van der Waals surface area contributed by atoms with E-state index in [4.69, 9.17) is 0 Å². The average molecular weight is 286 g/mol. The first-order valence-electron chi connectivity index (χ1n) is 6.58. The summed E-state index contributed by atoms with van der Waals surface area (Å²) in [4.78, 5) is 16.8. The molecule has 0 bridgehead atoms. The van der Waals surface area contributed by atoms with E-state index in [2.05, 4.69) is 15.2 Å². The lowest BCUT2D eigenvalue weighted by atomic mass is 10.2. The molecule has 21 heavy (non-hydrogen) atoms. The van der Waals surface area contributed by atoms with Gasteiger partial charge in [0, 0.05) is 18.1 Å². The topological polar surface area (TPSA) is 64.8 Å². The molecule has 1 amide bonds. The minimum atomic E-state index is -0.364. The van der Waals surface area contributed by atoms with Crippen molar-refractivity contribution in [3.8, 4) is 0 Å². The van der Waals surface area contributed by atoms with Crippen LogP contribution < -0.4 is 0 Å². The van der Waals surface area contributed by atoms with E-state index in [0.29, 0.717) is 23.1 Å². The number of benzene rings is 1. The van der Waals surface area contributed by atoms with Crippen molar-refractivity contribution in [3.05, 3.63) is 53.2 Å². The van der Waals surface area contributed by atoms with E-state index in [1.807, 2.05) is 13.0 Å². The highest BCUT2D eigenvalue weighted by Gasteiger charge is 2.16. The van der Waals surface area contributed by atoms with Crippen LogP contribution in [0.3, 0.4) is 0 Å². The van der Waals surface area contributed by atoms with E-state index in [1.165, 1.54) is 11.0 Å². The van der Waals surface area contributed by atoms with Crippen LogP contribution in [0.2, 0.25) is 0 Å². The quantitative estimate of drug-likeness (QED) is 0.777. The SMILES string of the molecule is Cc1cc(CN(C)C(=O)c2cc3cccc(F)c3[nH]2)n[nH]1. The second-order valence-corrected chi connectivity index (χ2v) is 5.09. The molecular formula is C15H15FN4O. The Morgan fingerprint density at radius 3 is 2.86 bits per heavy atom. The van der Waals surface area contributed by atoms with Crippen LogP contribution in [0.25, 0.3) is 10.9 Å². The van der Waals surface area contributed by atoms with Gasteiger partial charge in [0.1, 0.15) is 11.5 Å². The fraction of sp³-hybridized carbons (Fsp3) is 0.200. The van der Waals surface area contributed by atoms with Gasteiger partial charge in [-0.05, 0) is 25.1 Å². The highest BCUT2D eigenvalue weighted by molar-refractivity contribution is 5.98. The number of aromatic nitrogens is 3. The molecule has 5 nitrogen and oxygen atoms in total. The van der Waals surface area contributed by atoms with Crippen LogP contribution in [0.1, 0.15) is 21.9 Å². The van der Waals surface area contributed by atoms with Crippen molar-refractivity contribution in [2.45, 2.75) is 13.5 Å². The molecule has 0 aliphatic rings. The zero-order valence-electron chi connectivity index (χ0n) is 11.8. The number of aryl methyl sites for hydroxylation is 1. The lowest BCUT2D eigenvalue weighted by Crippen LogP contribution is -2.26. The highest BCUT2D eigenvalue weighted by atomic mass is 19.1. The molecule has 0 radical (unpaired) electrons. The van der Waals surface area contributed by atoms with Gasteiger partial charge in [-0.15, -0.1) is 0 Å². The van der Waals surface area contributed by atoms with Crippen molar-refractivity contribution < 1.29 is 9.18 Å². The third kappa shape index (κ3) is 2.52. The number of halogens is 1. The summed E-state index contributed by atoms with van der Waals surface area (Å²) < 4.78 is 13.6. The number of fused-ring (bicyclic) bond motifs is 1. The van der Waals surface area contributed by atoms with E-state index >= 15 is 0 Å². The van der Waals surface area contributed by atoms with Gasteiger partial charge in [0.05, 0.1) is 17.8 Å². The number of rotatable bonds is 3. The van der Waals surface area contributed by atoms with Crippen LogP contribution in [0, 0.1) is 12.7 Å². The first-order valence-corrected chi connectivity index (χ1v) is 6.58. The molecular weight excluding hydrogens is 271 g/mol. The smallest absolute Gasteiger partial charge is 0.270 e. The standard InChI is InChI=1S/C15H15FN4O/c1-9-6-11(19-18-9)8-20(2)15(21)13-7-10-4-3-5-12(16)14(10)17-13/h3-7,17H,8H2,1-2H3,(H,18,19). The summed E-state index contributed by atoms with van der Waals surface area (Å²) in [5.74, 6) is -0.566. The number of aromatic amines is 2. The molecule has 108 valence electrons. The van der Waals surface area contributed by atoms with Crippen LogP contribution >= 0.6 is 0 Å². The van der Waals surface area contributed by atoms with E-state index in [9.17, 15) is 9.18 Å². The molecule has 3 aromatic rings. The van der Waals surface area contributed by atoms with Crippen molar-refractivity contribution in [2.75, 3.05) is 7.05 Å².